The first-order valence-corrected chi connectivity index (χ1v) is 9.56. The number of aromatic nitrogens is 3. The van der Waals surface area contributed by atoms with Gasteiger partial charge >= 0.3 is 12.6 Å². The van der Waals surface area contributed by atoms with Gasteiger partial charge in [-0.2, -0.15) is 8.78 Å². The summed E-state index contributed by atoms with van der Waals surface area (Å²) in [6, 6.07) is 2.89. The lowest BCUT2D eigenvalue weighted by molar-refractivity contribution is -0.0505. The van der Waals surface area contributed by atoms with Gasteiger partial charge in [0, 0.05) is 12.3 Å². The third-order valence-electron chi connectivity index (χ3n) is 5.60. The number of H-pyrrole nitrogens is 1. The van der Waals surface area contributed by atoms with Crippen LogP contribution in [0, 0.1) is 5.41 Å². The monoisotopic (exact) mass is 433 g/mol. The highest BCUT2D eigenvalue weighted by atomic mass is 19.3. The first-order valence-electron chi connectivity index (χ1n) is 9.56. The van der Waals surface area contributed by atoms with Crippen molar-refractivity contribution in [2.45, 2.75) is 39.7 Å². The van der Waals surface area contributed by atoms with Crippen molar-refractivity contribution < 1.29 is 28.2 Å². The second kappa shape index (κ2) is 7.07. The Morgan fingerprint density at radius 3 is 2.68 bits per heavy atom. The molecule has 8 nitrogen and oxygen atoms in total. The van der Waals surface area contributed by atoms with Gasteiger partial charge in [0.05, 0.1) is 18.5 Å². The number of carboxylic acid groups (broad SMARTS) is 1. The Kier molecular flexibility index (Phi) is 4.75. The van der Waals surface area contributed by atoms with E-state index in [1.54, 1.807) is 10.6 Å². The number of ether oxygens (including phenoxy) is 2. The number of hydrogen-bond donors (Lipinski definition) is 2. The number of rotatable bonds is 4. The predicted octanol–water partition coefficient (Wildman–Crippen LogP) is 3.68. The van der Waals surface area contributed by atoms with E-state index >= 15 is 0 Å². The van der Waals surface area contributed by atoms with E-state index in [4.69, 9.17) is 9.47 Å². The van der Waals surface area contributed by atoms with E-state index in [-0.39, 0.29) is 34.0 Å². The minimum absolute atomic E-state index is 0.0949. The number of carboxylic acids is 1. The Balaban J connectivity index is 2.06. The summed E-state index contributed by atoms with van der Waals surface area (Å²) in [5.41, 5.74) is 0.812. The molecule has 4 rings (SSSR count). The van der Waals surface area contributed by atoms with E-state index in [1.165, 1.54) is 19.2 Å². The van der Waals surface area contributed by atoms with Crippen molar-refractivity contribution in [3.8, 4) is 22.9 Å². The fraction of sp³-hybridized carbons (Fsp3) is 0.381. The van der Waals surface area contributed by atoms with Crippen LogP contribution < -0.4 is 15.0 Å². The van der Waals surface area contributed by atoms with Crippen LogP contribution in [0.5, 0.6) is 11.5 Å². The number of carbonyl (C=O) groups is 1. The van der Waals surface area contributed by atoms with E-state index in [1.807, 2.05) is 20.8 Å². The second-order valence-electron chi connectivity index (χ2n) is 8.46. The van der Waals surface area contributed by atoms with Gasteiger partial charge < -0.3 is 19.6 Å². The van der Waals surface area contributed by atoms with Crippen molar-refractivity contribution in [2.24, 2.45) is 5.41 Å². The fourth-order valence-electron chi connectivity index (χ4n) is 4.12. The Bertz CT molecular complexity index is 1260. The standard InChI is InChI=1S/C21H21F2N3O5/c1-21(2,3)11-8-12-15(14-9(11)7-10(19(28)29)18(27)25-14)24-17-16(31-20(22)23)13(30-4)5-6-26(12)17/h5-7,11,20H,8H2,1-4H3,(H,25,27)(H,28,29)/t11-/m0/s1. The number of imidazole rings is 1. The predicted molar refractivity (Wildman–Crippen MR) is 107 cm³/mol. The zero-order valence-corrected chi connectivity index (χ0v) is 17.3. The van der Waals surface area contributed by atoms with E-state index < -0.39 is 18.1 Å². The zero-order valence-electron chi connectivity index (χ0n) is 17.3. The highest BCUT2D eigenvalue weighted by Gasteiger charge is 2.37. The van der Waals surface area contributed by atoms with E-state index in [0.29, 0.717) is 29.1 Å². The van der Waals surface area contributed by atoms with E-state index in [9.17, 15) is 23.5 Å². The lowest BCUT2D eigenvalue weighted by Crippen LogP contribution is -2.29. The van der Waals surface area contributed by atoms with Gasteiger partial charge in [-0.05, 0) is 29.4 Å². The van der Waals surface area contributed by atoms with Gasteiger partial charge in [-0.1, -0.05) is 20.8 Å². The van der Waals surface area contributed by atoms with Crippen LogP contribution in [0.1, 0.15) is 48.3 Å². The molecule has 0 radical (unpaired) electrons. The molecule has 164 valence electrons. The maximum absolute atomic E-state index is 13.1. The molecule has 0 spiro atoms. The highest BCUT2D eigenvalue weighted by Crippen LogP contribution is 2.47. The molecule has 1 atom stereocenters. The molecule has 10 heteroatoms. The van der Waals surface area contributed by atoms with Crippen LogP contribution in [0.3, 0.4) is 0 Å². The number of fused-ring (bicyclic) bond motifs is 5. The van der Waals surface area contributed by atoms with Crippen molar-refractivity contribution in [2.75, 3.05) is 7.11 Å². The zero-order chi connectivity index (χ0) is 22.7. The number of nitrogens with zero attached hydrogens (tertiary/aromatic N) is 2. The number of nitrogens with one attached hydrogen (secondary N) is 1. The topological polar surface area (TPSA) is 106 Å². The summed E-state index contributed by atoms with van der Waals surface area (Å²) in [6.07, 6.45) is 2.10. The molecule has 2 N–H and O–H groups in total. The van der Waals surface area contributed by atoms with Crippen LogP contribution >= 0.6 is 0 Å². The van der Waals surface area contributed by atoms with Crippen molar-refractivity contribution in [1.29, 1.82) is 0 Å². The van der Waals surface area contributed by atoms with Crippen LogP contribution in [0.15, 0.2) is 23.1 Å². The second-order valence-corrected chi connectivity index (χ2v) is 8.46. The third kappa shape index (κ3) is 3.31. The summed E-state index contributed by atoms with van der Waals surface area (Å²) < 4.78 is 37.6. The first kappa shape index (κ1) is 20.8. The summed E-state index contributed by atoms with van der Waals surface area (Å²) in [4.78, 5) is 31.1. The molecule has 31 heavy (non-hydrogen) atoms. The average Bonchev–Trinajstić information content (AvgIpc) is 3.05. The molecule has 0 saturated heterocycles. The number of hydrogen-bond acceptors (Lipinski definition) is 5. The number of alkyl halides is 2. The van der Waals surface area contributed by atoms with Crippen molar-refractivity contribution in [1.82, 2.24) is 14.4 Å². The van der Waals surface area contributed by atoms with Gasteiger partial charge in [0.2, 0.25) is 5.75 Å². The lowest BCUT2D eigenvalue weighted by Gasteiger charge is -2.35. The summed E-state index contributed by atoms with van der Waals surface area (Å²) in [7, 11) is 1.34. The summed E-state index contributed by atoms with van der Waals surface area (Å²) >= 11 is 0. The molecule has 0 unspecified atom stereocenters. The quantitative estimate of drug-likeness (QED) is 0.650. The SMILES string of the molecule is COc1ccn2c3c(nc2c1OC(F)F)-c1[nH]c(=O)c(C(=O)O)cc1[C@@H](C(C)(C)C)C3. The lowest BCUT2D eigenvalue weighted by atomic mass is 9.70. The number of aromatic carboxylic acids is 1. The Morgan fingerprint density at radius 1 is 1.39 bits per heavy atom. The molecule has 1 aliphatic rings. The minimum Gasteiger partial charge on any atom is -0.493 e. The van der Waals surface area contributed by atoms with Crippen molar-refractivity contribution in [3.05, 3.63) is 45.5 Å². The molecule has 3 aromatic heterocycles. The smallest absolute Gasteiger partial charge is 0.387 e. The van der Waals surface area contributed by atoms with Crippen molar-refractivity contribution in [3.63, 3.8) is 0 Å². The maximum Gasteiger partial charge on any atom is 0.387 e. The first-order chi connectivity index (χ1) is 14.5. The number of aromatic amines is 1. The van der Waals surface area contributed by atoms with Crippen LogP contribution in [0.25, 0.3) is 17.0 Å². The van der Waals surface area contributed by atoms with Crippen LogP contribution in [-0.2, 0) is 6.42 Å². The Hall–Kier alpha value is -3.43. The van der Waals surface area contributed by atoms with Gasteiger partial charge in [-0.3, -0.25) is 9.20 Å². The molecule has 3 aromatic rings. The Morgan fingerprint density at radius 2 is 2.10 bits per heavy atom. The van der Waals surface area contributed by atoms with Crippen LogP contribution in [0.2, 0.25) is 0 Å². The van der Waals surface area contributed by atoms with Gasteiger partial charge in [0.25, 0.3) is 5.56 Å². The van der Waals surface area contributed by atoms with Crippen molar-refractivity contribution >= 4 is 11.6 Å². The minimum atomic E-state index is -3.08. The molecule has 0 aromatic carbocycles. The van der Waals surface area contributed by atoms with Gasteiger partial charge in [-0.25, -0.2) is 9.78 Å². The molecule has 0 saturated carbocycles. The van der Waals surface area contributed by atoms with Gasteiger partial charge in [-0.15, -0.1) is 0 Å². The number of pyridine rings is 2. The number of methoxy groups -OCH3 is 1. The normalized spacial score (nSPS) is 15.6. The molecule has 3 heterocycles. The summed E-state index contributed by atoms with van der Waals surface area (Å²) in [5, 5.41) is 9.40. The molecular formula is C21H21F2N3O5. The molecular weight excluding hydrogens is 412 g/mol. The summed E-state index contributed by atoms with van der Waals surface area (Å²) in [5.74, 6) is -1.61. The maximum atomic E-state index is 13.1. The largest absolute Gasteiger partial charge is 0.493 e. The highest BCUT2D eigenvalue weighted by molar-refractivity contribution is 5.88. The van der Waals surface area contributed by atoms with Crippen LogP contribution in [0.4, 0.5) is 8.78 Å². The van der Waals surface area contributed by atoms with Gasteiger partial charge in [0.1, 0.15) is 11.3 Å². The van der Waals surface area contributed by atoms with Crippen LogP contribution in [-0.4, -0.2) is 39.2 Å². The molecule has 0 bridgehead atoms. The Labute approximate surface area is 175 Å². The van der Waals surface area contributed by atoms with E-state index in [2.05, 4.69) is 9.97 Å². The molecule has 0 amide bonds. The average molecular weight is 433 g/mol. The van der Waals surface area contributed by atoms with Gasteiger partial charge in [0.15, 0.2) is 11.4 Å². The molecule has 1 aliphatic carbocycles. The molecule has 0 fully saturated rings. The summed E-state index contributed by atoms with van der Waals surface area (Å²) in [6.45, 7) is 2.95. The third-order valence-corrected chi connectivity index (χ3v) is 5.60. The molecule has 0 aliphatic heterocycles. The number of halogens is 2. The fourth-order valence-corrected chi connectivity index (χ4v) is 4.12. The van der Waals surface area contributed by atoms with E-state index in [0.717, 1.165) is 0 Å².